The highest BCUT2D eigenvalue weighted by molar-refractivity contribution is 6.18. The quantitative estimate of drug-likeness (QED) is 0.442. The fourth-order valence-corrected chi connectivity index (χ4v) is 6.58. The van der Waals surface area contributed by atoms with E-state index >= 15 is 0 Å². The zero-order valence-electron chi connectivity index (χ0n) is 23.2. The van der Waals surface area contributed by atoms with Gasteiger partial charge in [0.25, 0.3) is 5.91 Å². The van der Waals surface area contributed by atoms with Crippen molar-refractivity contribution < 1.29 is 32.3 Å². The van der Waals surface area contributed by atoms with Crippen LogP contribution < -0.4 is 0 Å². The van der Waals surface area contributed by atoms with E-state index in [1.807, 2.05) is 58.3 Å². The van der Waals surface area contributed by atoms with Crippen molar-refractivity contribution in [2.24, 2.45) is 0 Å². The molecule has 0 N–H and O–H groups in total. The summed E-state index contributed by atoms with van der Waals surface area (Å²) in [5, 5.41) is 3.80. The molecule has 42 heavy (non-hydrogen) atoms. The Kier molecular flexibility index (Phi) is 7.80. The molecule has 1 atom stereocenters. The number of halogens is 3. The monoisotopic (exact) mass is 582 g/mol. The maximum Gasteiger partial charge on any atom is 0.471 e. The number of hydrogen-bond acceptors (Lipinski definition) is 5. The summed E-state index contributed by atoms with van der Waals surface area (Å²) in [6, 6.07) is 16.6. The summed E-state index contributed by atoms with van der Waals surface area (Å²) in [4.78, 5) is 45.6. The molecule has 0 aromatic heterocycles. The van der Waals surface area contributed by atoms with Crippen LogP contribution in [-0.2, 0) is 14.3 Å². The SMILES string of the molecule is O=C(c1c2ccccc2cc2ccccc12)N1CCC(N2CCN(C(=O)C(F)(F)F)C(C(=O)N3CCOCC3)C2)CC1. The number of benzene rings is 3. The van der Waals surface area contributed by atoms with Gasteiger partial charge in [-0.05, 0) is 40.5 Å². The van der Waals surface area contributed by atoms with Crippen molar-refractivity contribution in [1.29, 1.82) is 0 Å². The lowest BCUT2D eigenvalue weighted by atomic mass is 9.94. The Bertz CT molecular complexity index is 1440. The predicted molar refractivity (Wildman–Crippen MR) is 151 cm³/mol. The molecule has 0 aliphatic carbocycles. The van der Waals surface area contributed by atoms with Crippen molar-refractivity contribution >= 4 is 39.3 Å². The predicted octanol–water partition coefficient (Wildman–Crippen LogP) is 3.53. The van der Waals surface area contributed by atoms with Crippen LogP contribution in [0, 0.1) is 0 Å². The number of carbonyl (C=O) groups is 3. The molecular weight excluding hydrogens is 549 g/mol. The first-order chi connectivity index (χ1) is 20.2. The lowest BCUT2D eigenvalue weighted by molar-refractivity contribution is -0.192. The number of hydrogen-bond donors (Lipinski definition) is 0. The zero-order chi connectivity index (χ0) is 29.4. The lowest BCUT2D eigenvalue weighted by Crippen LogP contribution is -2.65. The molecule has 3 aromatic carbocycles. The van der Waals surface area contributed by atoms with Crippen LogP contribution in [0.25, 0.3) is 21.5 Å². The third kappa shape index (κ3) is 5.43. The van der Waals surface area contributed by atoms with Crippen LogP contribution in [0.4, 0.5) is 13.2 Å². The van der Waals surface area contributed by atoms with Crippen molar-refractivity contribution in [3.8, 4) is 0 Å². The van der Waals surface area contributed by atoms with Crippen LogP contribution >= 0.6 is 0 Å². The van der Waals surface area contributed by atoms with E-state index in [1.54, 1.807) is 0 Å². The molecule has 0 saturated carbocycles. The van der Waals surface area contributed by atoms with Gasteiger partial charge in [-0.1, -0.05) is 48.5 Å². The number of likely N-dealkylation sites (tertiary alicyclic amines) is 1. The summed E-state index contributed by atoms with van der Waals surface area (Å²) < 4.78 is 45.6. The van der Waals surface area contributed by atoms with E-state index in [9.17, 15) is 27.6 Å². The average Bonchev–Trinajstić information content (AvgIpc) is 3.02. The summed E-state index contributed by atoms with van der Waals surface area (Å²) in [5.74, 6) is -2.49. The minimum Gasteiger partial charge on any atom is -0.378 e. The maximum absolute atomic E-state index is 13.9. The van der Waals surface area contributed by atoms with Gasteiger partial charge in [-0.25, -0.2) is 0 Å². The molecule has 0 bridgehead atoms. The van der Waals surface area contributed by atoms with E-state index in [4.69, 9.17) is 4.74 Å². The molecule has 11 heteroatoms. The van der Waals surface area contributed by atoms with Crippen LogP contribution in [0.2, 0.25) is 0 Å². The van der Waals surface area contributed by atoms with E-state index in [0.717, 1.165) is 21.5 Å². The Morgan fingerprint density at radius 3 is 1.95 bits per heavy atom. The second-order valence-electron chi connectivity index (χ2n) is 11.2. The molecule has 1 unspecified atom stereocenters. The topological polar surface area (TPSA) is 73.4 Å². The maximum atomic E-state index is 13.9. The molecule has 3 fully saturated rings. The number of carbonyl (C=O) groups excluding carboxylic acids is 3. The number of nitrogens with zero attached hydrogens (tertiary/aromatic N) is 4. The first-order valence-corrected chi connectivity index (χ1v) is 14.4. The molecule has 3 saturated heterocycles. The van der Waals surface area contributed by atoms with Gasteiger partial charge in [0.05, 0.1) is 18.8 Å². The van der Waals surface area contributed by atoms with Gasteiger partial charge in [0.15, 0.2) is 0 Å². The Morgan fingerprint density at radius 2 is 1.36 bits per heavy atom. The molecular formula is C31H33F3N4O4. The van der Waals surface area contributed by atoms with Gasteiger partial charge in [-0.3, -0.25) is 19.3 Å². The van der Waals surface area contributed by atoms with Crippen LogP contribution in [0.1, 0.15) is 23.2 Å². The summed E-state index contributed by atoms with van der Waals surface area (Å²) in [5.41, 5.74) is 0.678. The first-order valence-electron chi connectivity index (χ1n) is 14.4. The van der Waals surface area contributed by atoms with Crippen molar-refractivity contribution in [2.45, 2.75) is 31.1 Å². The Morgan fingerprint density at radius 1 is 0.762 bits per heavy atom. The Balaban J connectivity index is 1.18. The molecule has 3 amide bonds. The van der Waals surface area contributed by atoms with Gasteiger partial charge in [0.2, 0.25) is 5.91 Å². The molecule has 3 aromatic rings. The van der Waals surface area contributed by atoms with Crippen LogP contribution in [-0.4, -0.2) is 115 Å². The average molecular weight is 583 g/mol. The minimum atomic E-state index is -5.05. The zero-order valence-corrected chi connectivity index (χ0v) is 23.2. The highest BCUT2D eigenvalue weighted by Crippen LogP contribution is 2.31. The van der Waals surface area contributed by atoms with Crippen molar-refractivity contribution in [1.82, 2.24) is 19.6 Å². The second kappa shape index (κ2) is 11.5. The number of ether oxygens (including phenoxy) is 1. The number of fused-ring (bicyclic) bond motifs is 2. The van der Waals surface area contributed by atoms with Gasteiger partial charge >= 0.3 is 12.1 Å². The highest BCUT2D eigenvalue weighted by atomic mass is 19.4. The number of rotatable bonds is 3. The minimum absolute atomic E-state index is 0.0126. The van der Waals surface area contributed by atoms with E-state index in [1.165, 1.54) is 4.90 Å². The second-order valence-corrected chi connectivity index (χ2v) is 11.2. The van der Waals surface area contributed by atoms with Gasteiger partial charge < -0.3 is 19.4 Å². The molecule has 6 rings (SSSR count). The van der Waals surface area contributed by atoms with Gasteiger partial charge in [-0.15, -0.1) is 0 Å². The van der Waals surface area contributed by atoms with Crippen LogP contribution in [0.15, 0.2) is 54.6 Å². The Labute approximate surface area is 241 Å². The fourth-order valence-electron chi connectivity index (χ4n) is 6.58. The number of piperazine rings is 1. The smallest absolute Gasteiger partial charge is 0.378 e. The van der Waals surface area contributed by atoms with E-state index in [2.05, 4.69) is 6.07 Å². The number of amides is 3. The highest BCUT2D eigenvalue weighted by Gasteiger charge is 2.49. The molecule has 3 aliphatic heterocycles. The van der Waals surface area contributed by atoms with Gasteiger partial charge in [0.1, 0.15) is 6.04 Å². The van der Waals surface area contributed by atoms with Crippen LogP contribution in [0.3, 0.4) is 0 Å². The molecule has 8 nitrogen and oxygen atoms in total. The van der Waals surface area contributed by atoms with Gasteiger partial charge in [0, 0.05) is 51.9 Å². The number of morpholine rings is 1. The molecule has 0 radical (unpaired) electrons. The summed E-state index contributed by atoms with van der Waals surface area (Å²) >= 11 is 0. The summed E-state index contributed by atoms with van der Waals surface area (Å²) in [6.45, 7) is 2.27. The molecule has 0 spiro atoms. The van der Waals surface area contributed by atoms with E-state index < -0.39 is 24.0 Å². The summed E-state index contributed by atoms with van der Waals surface area (Å²) in [6.07, 6.45) is -3.80. The fraction of sp³-hybridized carbons (Fsp3) is 0.452. The Hall–Kier alpha value is -3.70. The lowest BCUT2D eigenvalue weighted by Gasteiger charge is -2.47. The molecule has 222 valence electrons. The number of piperidine rings is 1. The normalized spacial score (nSPS) is 21.2. The van der Waals surface area contributed by atoms with Gasteiger partial charge in [-0.2, -0.15) is 13.2 Å². The molecule has 3 heterocycles. The van der Waals surface area contributed by atoms with E-state index in [-0.39, 0.29) is 44.7 Å². The standard InChI is InChI=1S/C31H33F3N4O4/c32-31(33,34)30(41)38-14-13-37(20-26(38)28(39)36-15-17-42-18-16-36)23-9-11-35(12-10-23)29(40)27-24-7-3-1-5-21(24)19-22-6-2-4-8-25(22)27/h1-8,19,23,26H,9-18,20H2. The first kappa shape index (κ1) is 28.4. The summed E-state index contributed by atoms with van der Waals surface area (Å²) in [7, 11) is 0. The third-order valence-corrected chi connectivity index (χ3v) is 8.78. The largest absolute Gasteiger partial charge is 0.471 e. The van der Waals surface area contributed by atoms with Crippen molar-refractivity contribution in [3.05, 3.63) is 60.2 Å². The van der Waals surface area contributed by atoms with Crippen LogP contribution in [0.5, 0.6) is 0 Å². The van der Waals surface area contributed by atoms with Crippen molar-refractivity contribution in [2.75, 3.05) is 59.0 Å². The molecule has 3 aliphatic rings. The van der Waals surface area contributed by atoms with E-state index in [0.29, 0.717) is 49.6 Å². The third-order valence-electron chi connectivity index (χ3n) is 8.78. The number of alkyl halides is 3. The van der Waals surface area contributed by atoms with Crippen molar-refractivity contribution in [3.63, 3.8) is 0 Å².